The minimum Gasteiger partial charge on any atom is -0.496 e. The summed E-state index contributed by atoms with van der Waals surface area (Å²) in [5.74, 6) is 2.82. The molecule has 1 aliphatic rings. The lowest BCUT2D eigenvalue weighted by atomic mass is 10.0. The highest BCUT2D eigenvalue weighted by Gasteiger charge is 2.17. The maximum absolute atomic E-state index is 5.40. The van der Waals surface area contributed by atoms with Crippen LogP contribution >= 0.6 is 0 Å². The Kier molecular flexibility index (Phi) is 4.20. The molecule has 0 radical (unpaired) electrons. The molecule has 1 atom stereocenters. The van der Waals surface area contributed by atoms with Crippen molar-refractivity contribution in [3.8, 4) is 17.1 Å². The Bertz CT molecular complexity index is 603. The zero-order valence-corrected chi connectivity index (χ0v) is 12.6. The number of ether oxygens (including phenoxy) is 1. The average molecular weight is 287 g/mol. The van der Waals surface area contributed by atoms with Crippen molar-refractivity contribution in [2.75, 3.05) is 20.2 Å². The largest absolute Gasteiger partial charge is 0.496 e. The van der Waals surface area contributed by atoms with Crippen molar-refractivity contribution >= 4 is 0 Å². The number of nitrogens with zero attached hydrogens (tertiary/aromatic N) is 2. The van der Waals surface area contributed by atoms with Gasteiger partial charge in [0.05, 0.1) is 12.7 Å². The fraction of sp³-hybridized carbons (Fsp3) is 0.500. The number of hydrogen-bond donors (Lipinski definition) is 1. The maximum atomic E-state index is 5.40. The normalized spacial score (nSPS) is 18.1. The van der Waals surface area contributed by atoms with Gasteiger partial charge in [0, 0.05) is 6.42 Å². The van der Waals surface area contributed by atoms with Gasteiger partial charge in [-0.05, 0) is 56.5 Å². The predicted molar refractivity (Wildman–Crippen MR) is 80.3 cm³/mol. The molecule has 2 heterocycles. The quantitative estimate of drug-likeness (QED) is 0.916. The van der Waals surface area contributed by atoms with Crippen LogP contribution in [0.1, 0.15) is 24.3 Å². The molecule has 1 saturated heterocycles. The van der Waals surface area contributed by atoms with E-state index in [2.05, 4.69) is 15.5 Å². The molecule has 0 spiro atoms. The lowest BCUT2D eigenvalue weighted by Crippen LogP contribution is -2.09. The van der Waals surface area contributed by atoms with Crippen LogP contribution in [0, 0.1) is 12.8 Å². The molecule has 1 aromatic carbocycles. The molecular formula is C16H21N3O2. The van der Waals surface area contributed by atoms with Gasteiger partial charge in [-0.25, -0.2) is 0 Å². The molecule has 1 aromatic heterocycles. The summed E-state index contributed by atoms with van der Waals surface area (Å²) in [6.07, 6.45) is 3.18. The van der Waals surface area contributed by atoms with Gasteiger partial charge in [-0.3, -0.25) is 0 Å². The third-order valence-electron chi connectivity index (χ3n) is 3.99. The molecule has 1 aliphatic heterocycles. The number of aryl methyl sites for hydroxylation is 2. The number of methoxy groups -OCH3 is 1. The molecule has 0 saturated carbocycles. The fourth-order valence-corrected chi connectivity index (χ4v) is 2.74. The maximum Gasteiger partial charge on any atom is 0.226 e. The van der Waals surface area contributed by atoms with Crippen LogP contribution in [0.4, 0.5) is 0 Å². The lowest BCUT2D eigenvalue weighted by Gasteiger charge is -2.05. The summed E-state index contributed by atoms with van der Waals surface area (Å²) >= 11 is 0. The van der Waals surface area contributed by atoms with Crippen LogP contribution in [0.25, 0.3) is 11.4 Å². The van der Waals surface area contributed by atoms with Crippen LogP contribution in [0.3, 0.4) is 0 Å². The van der Waals surface area contributed by atoms with Crippen LogP contribution in [0.2, 0.25) is 0 Å². The van der Waals surface area contributed by atoms with Crippen molar-refractivity contribution in [1.29, 1.82) is 0 Å². The molecule has 1 unspecified atom stereocenters. The highest BCUT2D eigenvalue weighted by molar-refractivity contribution is 5.64. The topological polar surface area (TPSA) is 60.2 Å². The SMILES string of the molecule is COc1cc(C)ccc1-c1noc(CCC2CCNC2)n1. The van der Waals surface area contributed by atoms with Crippen molar-refractivity contribution in [1.82, 2.24) is 15.5 Å². The highest BCUT2D eigenvalue weighted by atomic mass is 16.5. The van der Waals surface area contributed by atoms with E-state index in [0.29, 0.717) is 11.7 Å². The second kappa shape index (κ2) is 6.26. The van der Waals surface area contributed by atoms with Crippen LogP contribution in [-0.2, 0) is 6.42 Å². The van der Waals surface area contributed by atoms with Crippen molar-refractivity contribution in [2.45, 2.75) is 26.2 Å². The monoisotopic (exact) mass is 287 g/mol. The van der Waals surface area contributed by atoms with Crippen molar-refractivity contribution in [3.63, 3.8) is 0 Å². The Morgan fingerprint density at radius 1 is 1.43 bits per heavy atom. The minimum atomic E-state index is 0.603. The van der Waals surface area contributed by atoms with Crippen LogP contribution in [0.5, 0.6) is 5.75 Å². The van der Waals surface area contributed by atoms with E-state index in [-0.39, 0.29) is 0 Å². The minimum absolute atomic E-state index is 0.603. The predicted octanol–water partition coefficient (Wildman–Crippen LogP) is 2.60. The van der Waals surface area contributed by atoms with Gasteiger partial charge in [-0.1, -0.05) is 11.2 Å². The third kappa shape index (κ3) is 3.24. The highest BCUT2D eigenvalue weighted by Crippen LogP contribution is 2.29. The lowest BCUT2D eigenvalue weighted by molar-refractivity contribution is 0.364. The van der Waals surface area contributed by atoms with Crippen molar-refractivity contribution in [3.05, 3.63) is 29.7 Å². The first-order valence-electron chi connectivity index (χ1n) is 7.44. The number of benzene rings is 1. The molecule has 1 N–H and O–H groups in total. The fourth-order valence-electron chi connectivity index (χ4n) is 2.74. The standard InChI is InChI=1S/C16H21N3O2/c1-11-3-5-13(14(9-11)20-2)16-18-15(21-19-16)6-4-12-7-8-17-10-12/h3,5,9,12,17H,4,6-8,10H2,1-2H3. The Hall–Kier alpha value is -1.88. The number of hydrogen-bond acceptors (Lipinski definition) is 5. The third-order valence-corrected chi connectivity index (χ3v) is 3.99. The van der Waals surface area contributed by atoms with Gasteiger partial charge in [0.15, 0.2) is 0 Å². The summed E-state index contributed by atoms with van der Waals surface area (Å²) in [7, 11) is 1.66. The summed E-state index contributed by atoms with van der Waals surface area (Å²) < 4.78 is 10.8. The van der Waals surface area contributed by atoms with Gasteiger partial charge >= 0.3 is 0 Å². The Morgan fingerprint density at radius 3 is 3.10 bits per heavy atom. The zero-order valence-electron chi connectivity index (χ0n) is 12.6. The van der Waals surface area contributed by atoms with E-state index in [0.717, 1.165) is 48.7 Å². The molecule has 5 heteroatoms. The number of nitrogens with one attached hydrogen (secondary N) is 1. The summed E-state index contributed by atoms with van der Waals surface area (Å²) in [4.78, 5) is 4.50. The summed E-state index contributed by atoms with van der Waals surface area (Å²) in [6, 6.07) is 5.98. The van der Waals surface area contributed by atoms with Crippen molar-refractivity contribution < 1.29 is 9.26 Å². The van der Waals surface area contributed by atoms with Crippen molar-refractivity contribution in [2.24, 2.45) is 5.92 Å². The summed E-state index contributed by atoms with van der Waals surface area (Å²) in [6.45, 7) is 4.26. The van der Waals surface area contributed by atoms with Gasteiger partial charge in [-0.15, -0.1) is 0 Å². The first-order chi connectivity index (χ1) is 10.3. The second-order valence-electron chi connectivity index (χ2n) is 5.61. The van der Waals surface area contributed by atoms with E-state index in [1.807, 2.05) is 25.1 Å². The van der Waals surface area contributed by atoms with Gasteiger partial charge < -0.3 is 14.6 Å². The molecule has 112 valence electrons. The number of rotatable bonds is 5. The molecule has 0 bridgehead atoms. The van der Waals surface area contributed by atoms with E-state index < -0.39 is 0 Å². The molecule has 3 rings (SSSR count). The molecule has 0 amide bonds. The molecular weight excluding hydrogens is 266 g/mol. The van der Waals surface area contributed by atoms with Gasteiger partial charge in [0.25, 0.3) is 0 Å². The molecule has 1 fully saturated rings. The zero-order chi connectivity index (χ0) is 14.7. The van der Waals surface area contributed by atoms with Gasteiger partial charge in [0.1, 0.15) is 5.75 Å². The summed E-state index contributed by atoms with van der Waals surface area (Å²) in [5.41, 5.74) is 2.02. The molecule has 2 aromatic rings. The Labute approximate surface area is 124 Å². The van der Waals surface area contributed by atoms with Crippen LogP contribution in [0.15, 0.2) is 22.7 Å². The first kappa shape index (κ1) is 14.1. The average Bonchev–Trinajstić information content (AvgIpc) is 3.16. The smallest absolute Gasteiger partial charge is 0.226 e. The first-order valence-corrected chi connectivity index (χ1v) is 7.44. The van der Waals surface area contributed by atoms with E-state index in [4.69, 9.17) is 9.26 Å². The Balaban J connectivity index is 1.72. The summed E-state index contributed by atoms with van der Waals surface area (Å²) in [5, 5.41) is 7.47. The second-order valence-corrected chi connectivity index (χ2v) is 5.61. The van der Waals surface area contributed by atoms with E-state index >= 15 is 0 Å². The van der Waals surface area contributed by atoms with E-state index in [1.54, 1.807) is 7.11 Å². The van der Waals surface area contributed by atoms with E-state index in [9.17, 15) is 0 Å². The van der Waals surface area contributed by atoms with Crippen LogP contribution in [-0.4, -0.2) is 30.3 Å². The van der Waals surface area contributed by atoms with Crippen LogP contribution < -0.4 is 10.1 Å². The van der Waals surface area contributed by atoms with Gasteiger partial charge in [0.2, 0.25) is 11.7 Å². The Morgan fingerprint density at radius 2 is 2.33 bits per heavy atom. The molecule has 5 nitrogen and oxygen atoms in total. The van der Waals surface area contributed by atoms with E-state index in [1.165, 1.54) is 6.42 Å². The van der Waals surface area contributed by atoms with Gasteiger partial charge in [-0.2, -0.15) is 4.98 Å². The molecule has 0 aliphatic carbocycles. The molecule has 21 heavy (non-hydrogen) atoms. The number of aromatic nitrogens is 2.